The van der Waals surface area contributed by atoms with E-state index >= 15 is 0 Å². The Morgan fingerprint density at radius 1 is 1.17 bits per heavy atom. The number of thiazole rings is 1. The fourth-order valence-corrected chi connectivity index (χ4v) is 3.83. The zero-order valence-corrected chi connectivity index (χ0v) is 17.1. The highest BCUT2D eigenvalue weighted by Gasteiger charge is 2.16. The molecule has 2 heterocycles. The maximum atomic E-state index is 12.3. The van der Waals surface area contributed by atoms with Crippen molar-refractivity contribution in [1.82, 2.24) is 10.3 Å². The third-order valence-corrected chi connectivity index (χ3v) is 5.54. The lowest BCUT2D eigenvalue weighted by Gasteiger charge is -2.21. The average Bonchev–Trinajstić information content (AvgIpc) is 3.18. The topological polar surface area (TPSA) is 69.7 Å². The van der Waals surface area contributed by atoms with E-state index in [1.165, 1.54) is 0 Å². The standard InChI is InChI=1S/C22H22N2O4S/c1-14-13-29-22(23-14)16-3-6-18(7-4-16)28-12-21(25)24-15(2)17-5-8-19-20(11-17)27-10-9-26-19/h3-8,11,13,15H,9-10,12H2,1-2H3,(H,24,25)/t15-/m0/s1. The molecule has 1 atom stereocenters. The fourth-order valence-electron chi connectivity index (χ4n) is 3.02. The number of hydrogen-bond acceptors (Lipinski definition) is 6. The van der Waals surface area contributed by atoms with Crippen LogP contribution in [0.2, 0.25) is 0 Å². The fraction of sp³-hybridized carbons (Fsp3) is 0.273. The van der Waals surface area contributed by atoms with E-state index in [4.69, 9.17) is 14.2 Å². The smallest absolute Gasteiger partial charge is 0.258 e. The van der Waals surface area contributed by atoms with Crippen molar-refractivity contribution in [3.8, 4) is 27.8 Å². The molecule has 0 bridgehead atoms. The first kappa shape index (κ1) is 19.3. The van der Waals surface area contributed by atoms with Gasteiger partial charge in [0.05, 0.1) is 6.04 Å². The number of amides is 1. The van der Waals surface area contributed by atoms with Gasteiger partial charge in [-0.05, 0) is 55.8 Å². The largest absolute Gasteiger partial charge is 0.486 e. The van der Waals surface area contributed by atoms with Gasteiger partial charge in [-0.25, -0.2) is 4.98 Å². The number of aryl methyl sites for hydroxylation is 1. The third kappa shape index (κ3) is 4.68. The molecule has 0 saturated heterocycles. The number of carbonyl (C=O) groups excluding carboxylic acids is 1. The van der Waals surface area contributed by atoms with Gasteiger partial charge in [0.2, 0.25) is 0 Å². The number of carbonyl (C=O) groups is 1. The van der Waals surface area contributed by atoms with Crippen LogP contribution in [0.1, 0.15) is 24.2 Å². The van der Waals surface area contributed by atoms with Crippen LogP contribution < -0.4 is 19.5 Å². The van der Waals surface area contributed by atoms with Gasteiger partial charge in [-0.1, -0.05) is 6.07 Å². The third-order valence-electron chi connectivity index (χ3n) is 4.53. The Hall–Kier alpha value is -3.06. The first-order valence-electron chi connectivity index (χ1n) is 9.43. The van der Waals surface area contributed by atoms with Crippen LogP contribution in [0.4, 0.5) is 0 Å². The number of rotatable bonds is 6. The SMILES string of the molecule is Cc1csc(-c2ccc(OCC(=O)N[C@@H](C)c3ccc4c(c3)OCCO4)cc2)n1. The van der Waals surface area contributed by atoms with Gasteiger partial charge in [-0.15, -0.1) is 11.3 Å². The van der Waals surface area contributed by atoms with Gasteiger partial charge in [-0.2, -0.15) is 0 Å². The van der Waals surface area contributed by atoms with Crippen LogP contribution in [0.25, 0.3) is 10.6 Å². The highest BCUT2D eigenvalue weighted by molar-refractivity contribution is 7.13. The van der Waals surface area contributed by atoms with Gasteiger partial charge < -0.3 is 19.5 Å². The average molecular weight is 410 g/mol. The van der Waals surface area contributed by atoms with Gasteiger partial charge in [0.1, 0.15) is 24.0 Å². The number of aromatic nitrogens is 1. The normalized spacial score (nSPS) is 13.6. The number of fused-ring (bicyclic) bond motifs is 1. The molecule has 4 rings (SSSR count). The highest BCUT2D eigenvalue weighted by atomic mass is 32.1. The minimum atomic E-state index is -0.188. The van der Waals surface area contributed by atoms with Crippen LogP contribution in [-0.4, -0.2) is 30.7 Å². The summed E-state index contributed by atoms with van der Waals surface area (Å²) >= 11 is 1.61. The quantitative estimate of drug-likeness (QED) is 0.661. The molecular weight excluding hydrogens is 388 g/mol. The van der Waals surface area contributed by atoms with Crippen molar-refractivity contribution >= 4 is 17.2 Å². The molecule has 0 saturated carbocycles. The molecule has 7 heteroatoms. The van der Waals surface area contributed by atoms with Crippen molar-refractivity contribution in [2.24, 2.45) is 0 Å². The van der Waals surface area contributed by atoms with Crippen molar-refractivity contribution in [3.63, 3.8) is 0 Å². The van der Waals surface area contributed by atoms with Gasteiger partial charge in [0.15, 0.2) is 18.1 Å². The predicted octanol–water partition coefficient (Wildman–Crippen LogP) is 4.15. The molecule has 1 aliphatic rings. The van der Waals surface area contributed by atoms with Crippen LogP contribution in [0.5, 0.6) is 17.2 Å². The summed E-state index contributed by atoms with van der Waals surface area (Å²) in [7, 11) is 0. The number of ether oxygens (including phenoxy) is 3. The molecule has 1 aromatic heterocycles. The van der Waals surface area contributed by atoms with Gasteiger partial charge in [0.25, 0.3) is 5.91 Å². The van der Waals surface area contributed by atoms with Crippen LogP contribution in [0, 0.1) is 6.92 Å². The first-order valence-corrected chi connectivity index (χ1v) is 10.3. The van der Waals surface area contributed by atoms with Crippen LogP contribution in [0.15, 0.2) is 47.8 Å². The summed E-state index contributed by atoms with van der Waals surface area (Å²) in [5, 5.41) is 5.94. The Kier molecular flexibility index (Phi) is 5.67. The van der Waals surface area contributed by atoms with E-state index in [0.717, 1.165) is 27.6 Å². The number of nitrogens with zero attached hydrogens (tertiary/aromatic N) is 1. The Bertz CT molecular complexity index is 1000. The zero-order chi connectivity index (χ0) is 20.2. The molecule has 29 heavy (non-hydrogen) atoms. The molecule has 150 valence electrons. The molecule has 1 N–H and O–H groups in total. The lowest BCUT2D eigenvalue weighted by molar-refractivity contribution is -0.123. The predicted molar refractivity (Wildman–Crippen MR) is 112 cm³/mol. The minimum absolute atomic E-state index is 0.0510. The van der Waals surface area contributed by atoms with Gasteiger partial charge in [0, 0.05) is 16.6 Å². The molecular formula is C22H22N2O4S. The second kappa shape index (κ2) is 8.53. The molecule has 0 spiro atoms. The summed E-state index contributed by atoms with van der Waals surface area (Å²) < 4.78 is 16.7. The first-order chi connectivity index (χ1) is 14.1. The van der Waals surface area contributed by atoms with E-state index in [1.807, 2.05) is 61.7 Å². The van der Waals surface area contributed by atoms with E-state index in [2.05, 4.69) is 10.3 Å². The molecule has 0 unspecified atom stereocenters. The van der Waals surface area contributed by atoms with E-state index in [1.54, 1.807) is 11.3 Å². The van der Waals surface area contributed by atoms with E-state index in [-0.39, 0.29) is 18.6 Å². The Labute approximate surface area is 173 Å². The molecule has 0 aliphatic carbocycles. The monoisotopic (exact) mass is 410 g/mol. The van der Waals surface area contributed by atoms with E-state index in [9.17, 15) is 4.79 Å². The second-order valence-electron chi connectivity index (χ2n) is 6.80. The summed E-state index contributed by atoms with van der Waals surface area (Å²) in [6.45, 7) is 4.94. The van der Waals surface area contributed by atoms with Crippen molar-refractivity contribution in [3.05, 3.63) is 59.1 Å². The molecule has 1 aliphatic heterocycles. The summed E-state index contributed by atoms with van der Waals surface area (Å²) in [6, 6.07) is 13.1. The highest BCUT2D eigenvalue weighted by Crippen LogP contribution is 2.32. The minimum Gasteiger partial charge on any atom is -0.486 e. The van der Waals surface area contributed by atoms with Crippen molar-refractivity contribution in [1.29, 1.82) is 0 Å². The lowest BCUT2D eigenvalue weighted by atomic mass is 10.1. The second-order valence-corrected chi connectivity index (χ2v) is 7.66. The lowest BCUT2D eigenvalue weighted by Crippen LogP contribution is -2.31. The summed E-state index contributed by atoms with van der Waals surface area (Å²) in [5.41, 5.74) is 2.99. The van der Waals surface area contributed by atoms with Gasteiger partial charge >= 0.3 is 0 Å². The molecule has 3 aromatic rings. The van der Waals surface area contributed by atoms with Crippen molar-refractivity contribution < 1.29 is 19.0 Å². The Balaban J connectivity index is 1.30. The van der Waals surface area contributed by atoms with Crippen LogP contribution in [-0.2, 0) is 4.79 Å². The number of nitrogens with one attached hydrogen (secondary N) is 1. The van der Waals surface area contributed by atoms with Crippen molar-refractivity contribution in [2.45, 2.75) is 19.9 Å². The maximum absolute atomic E-state index is 12.3. The van der Waals surface area contributed by atoms with E-state index in [0.29, 0.717) is 24.7 Å². The molecule has 0 fully saturated rings. The molecule has 2 aromatic carbocycles. The Morgan fingerprint density at radius 3 is 2.66 bits per heavy atom. The van der Waals surface area contributed by atoms with Crippen LogP contribution in [0.3, 0.4) is 0 Å². The summed E-state index contributed by atoms with van der Waals surface area (Å²) in [5.74, 6) is 1.90. The number of benzene rings is 2. The molecule has 1 amide bonds. The number of hydrogen-bond donors (Lipinski definition) is 1. The molecule has 6 nitrogen and oxygen atoms in total. The zero-order valence-electron chi connectivity index (χ0n) is 16.3. The maximum Gasteiger partial charge on any atom is 0.258 e. The summed E-state index contributed by atoms with van der Waals surface area (Å²) in [4.78, 5) is 16.7. The van der Waals surface area contributed by atoms with Crippen molar-refractivity contribution in [2.75, 3.05) is 19.8 Å². The van der Waals surface area contributed by atoms with Gasteiger partial charge in [-0.3, -0.25) is 4.79 Å². The Morgan fingerprint density at radius 2 is 1.93 bits per heavy atom. The molecule has 0 radical (unpaired) electrons. The summed E-state index contributed by atoms with van der Waals surface area (Å²) in [6.07, 6.45) is 0. The van der Waals surface area contributed by atoms with Crippen LogP contribution >= 0.6 is 11.3 Å². The van der Waals surface area contributed by atoms with E-state index < -0.39 is 0 Å².